The van der Waals surface area contributed by atoms with Gasteiger partial charge in [0.1, 0.15) is 9.84 Å². The van der Waals surface area contributed by atoms with Crippen LogP contribution in [0.25, 0.3) is 10.8 Å². The molecule has 0 radical (unpaired) electrons. The molecule has 118 valence electrons. The van der Waals surface area contributed by atoms with Crippen LogP contribution in [0.2, 0.25) is 0 Å². The molecule has 0 saturated heterocycles. The topological polar surface area (TPSA) is 54.5 Å². The van der Waals surface area contributed by atoms with Gasteiger partial charge in [-0.15, -0.1) is 0 Å². The molecule has 0 fully saturated rings. The first-order valence-corrected chi connectivity index (χ1v) is 9.44. The normalized spacial score (nSPS) is 11.5. The Morgan fingerprint density at radius 2 is 1.77 bits per heavy atom. The summed E-state index contributed by atoms with van der Waals surface area (Å²) in [5.74, 6) is -0.264. The number of anilines is 1. The van der Waals surface area contributed by atoms with Crippen molar-refractivity contribution < 1.29 is 13.2 Å². The summed E-state index contributed by atoms with van der Waals surface area (Å²) in [5, 5.41) is 2.07. The average molecular weight is 319 g/mol. The van der Waals surface area contributed by atoms with Gasteiger partial charge in [-0.3, -0.25) is 4.79 Å². The standard InChI is InChI=1S/C17H21NO3S/c1-3-12-18(17(19)11-13-22(2,20)21)16-10-6-8-14-7-4-5-9-15(14)16/h4-10H,3,11-13H2,1-2H3. The molecule has 0 aromatic heterocycles. The molecule has 0 heterocycles. The van der Waals surface area contributed by atoms with E-state index in [1.165, 1.54) is 0 Å². The van der Waals surface area contributed by atoms with Gasteiger partial charge < -0.3 is 4.90 Å². The van der Waals surface area contributed by atoms with Crippen molar-refractivity contribution in [2.24, 2.45) is 0 Å². The molecule has 4 nitrogen and oxygen atoms in total. The molecule has 22 heavy (non-hydrogen) atoms. The molecule has 0 atom stereocenters. The molecule has 2 aromatic carbocycles. The second-order valence-corrected chi connectivity index (χ2v) is 7.68. The number of amides is 1. The van der Waals surface area contributed by atoms with E-state index in [4.69, 9.17) is 0 Å². The van der Waals surface area contributed by atoms with Crippen LogP contribution in [0.1, 0.15) is 19.8 Å². The second kappa shape index (κ2) is 6.92. The van der Waals surface area contributed by atoms with Gasteiger partial charge in [-0.1, -0.05) is 43.3 Å². The van der Waals surface area contributed by atoms with Crippen LogP contribution in [0.4, 0.5) is 5.69 Å². The molecule has 0 unspecified atom stereocenters. The van der Waals surface area contributed by atoms with E-state index in [-0.39, 0.29) is 18.1 Å². The van der Waals surface area contributed by atoms with Crippen LogP contribution in [0, 0.1) is 0 Å². The van der Waals surface area contributed by atoms with E-state index >= 15 is 0 Å². The lowest BCUT2D eigenvalue weighted by Crippen LogP contribution is -2.33. The lowest BCUT2D eigenvalue weighted by atomic mass is 10.1. The van der Waals surface area contributed by atoms with Gasteiger partial charge >= 0.3 is 0 Å². The molecule has 1 amide bonds. The summed E-state index contributed by atoms with van der Waals surface area (Å²) in [5.41, 5.74) is 0.846. The van der Waals surface area contributed by atoms with E-state index in [2.05, 4.69) is 0 Å². The molecular formula is C17H21NO3S. The first kappa shape index (κ1) is 16.5. The van der Waals surface area contributed by atoms with Gasteiger partial charge in [-0.25, -0.2) is 8.42 Å². The minimum absolute atomic E-state index is 0.0159. The van der Waals surface area contributed by atoms with E-state index in [9.17, 15) is 13.2 Å². The molecule has 2 aromatic rings. The molecule has 0 aliphatic rings. The highest BCUT2D eigenvalue weighted by Crippen LogP contribution is 2.27. The highest BCUT2D eigenvalue weighted by Gasteiger charge is 2.18. The molecule has 2 rings (SSSR count). The summed E-state index contributed by atoms with van der Waals surface area (Å²) in [6, 6.07) is 13.7. The SMILES string of the molecule is CCCN(C(=O)CCS(C)(=O)=O)c1cccc2ccccc12. The van der Waals surface area contributed by atoms with Gasteiger partial charge in [0.05, 0.1) is 11.4 Å². The van der Waals surface area contributed by atoms with Crippen molar-refractivity contribution in [1.82, 2.24) is 0 Å². The summed E-state index contributed by atoms with van der Waals surface area (Å²) in [6.45, 7) is 2.58. The Hall–Kier alpha value is -1.88. The zero-order chi connectivity index (χ0) is 16.2. The molecule has 0 bridgehead atoms. The third kappa shape index (κ3) is 4.07. The Kier molecular flexibility index (Phi) is 5.19. The highest BCUT2D eigenvalue weighted by molar-refractivity contribution is 7.90. The maximum atomic E-state index is 12.5. The number of sulfone groups is 1. The van der Waals surface area contributed by atoms with Gasteiger partial charge in [-0.2, -0.15) is 0 Å². The van der Waals surface area contributed by atoms with Crippen molar-refractivity contribution in [3.05, 3.63) is 42.5 Å². The minimum Gasteiger partial charge on any atom is -0.312 e. The van der Waals surface area contributed by atoms with Crippen molar-refractivity contribution in [3.63, 3.8) is 0 Å². The van der Waals surface area contributed by atoms with Crippen LogP contribution in [0.3, 0.4) is 0 Å². The summed E-state index contributed by atoms with van der Waals surface area (Å²) >= 11 is 0. The predicted molar refractivity (Wildman–Crippen MR) is 90.9 cm³/mol. The highest BCUT2D eigenvalue weighted by atomic mass is 32.2. The number of fused-ring (bicyclic) bond motifs is 1. The zero-order valence-electron chi connectivity index (χ0n) is 13.0. The van der Waals surface area contributed by atoms with E-state index in [0.717, 1.165) is 29.1 Å². The lowest BCUT2D eigenvalue weighted by Gasteiger charge is -2.24. The van der Waals surface area contributed by atoms with E-state index in [1.807, 2.05) is 49.4 Å². The Balaban J connectivity index is 2.35. The zero-order valence-corrected chi connectivity index (χ0v) is 13.8. The molecule has 5 heteroatoms. The first-order valence-electron chi connectivity index (χ1n) is 7.38. The summed E-state index contributed by atoms with van der Waals surface area (Å²) in [6.07, 6.45) is 1.98. The van der Waals surface area contributed by atoms with E-state index in [1.54, 1.807) is 4.90 Å². The van der Waals surface area contributed by atoms with Gasteiger partial charge in [0.25, 0.3) is 0 Å². The molecule has 0 saturated carbocycles. The van der Waals surface area contributed by atoms with Crippen LogP contribution < -0.4 is 4.90 Å². The third-order valence-electron chi connectivity index (χ3n) is 3.49. The van der Waals surface area contributed by atoms with Gasteiger partial charge in [0.15, 0.2) is 0 Å². The van der Waals surface area contributed by atoms with Crippen LogP contribution in [0.15, 0.2) is 42.5 Å². The monoisotopic (exact) mass is 319 g/mol. The lowest BCUT2D eigenvalue weighted by molar-refractivity contribution is -0.118. The molecule has 0 N–H and O–H groups in total. The maximum Gasteiger partial charge on any atom is 0.228 e. The number of carbonyl (C=O) groups is 1. The number of nitrogens with zero attached hydrogens (tertiary/aromatic N) is 1. The fourth-order valence-corrected chi connectivity index (χ4v) is 3.00. The van der Waals surface area contributed by atoms with Crippen LogP contribution in [0.5, 0.6) is 0 Å². The molecule has 0 aliphatic heterocycles. The smallest absolute Gasteiger partial charge is 0.228 e. The van der Waals surface area contributed by atoms with E-state index in [0.29, 0.717) is 6.54 Å². The van der Waals surface area contributed by atoms with E-state index < -0.39 is 9.84 Å². The quantitative estimate of drug-likeness (QED) is 0.822. The van der Waals surface area contributed by atoms with Crippen molar-refractivity contribution in [2.45, 2.75) is 19.8 Å². The van der Waals surface area contributed by atoms with Crippen LogP contribution >= 0.6 is 0 Å². The summed E-state index contributed by atoms with van der Waals surface area (Å²) < 4.78 is 22.6. The average Bonchev–Trinajstić information content (AvgIpc) is 2.49. The van der Waals surface area contributed by atoms with Crippen LogP contribution in [-0.2, 0) is 14.6 Å². The number of benzene rings is 2. The molecule has 0 spiro atoms. The third-order valence-corrected chi connectivity index (χ3v) is 4.44. The fourth-order valence-electron chi connectivity index (χ4n) is 2.45. The van der Waals surface area contributed by atoms with Gasteiger partial charge in [0.2, 0.25) is 5.91 Å². The predicted octanol–water partition coefficient (Wildman–Crippen LogP) is 3.02. The molecular weight excluding hydrogens is 298 g/mol. The Labute approximate surface area is 131 Å². The summed E-state index contributed by atoms with van der Waals surface area (Å²) in [4.78, 5) is 14.2. The van der Waals surface area contributed by atoms with Crippen molar-refractivity contribution >= 4 is 32.2 Å². The fraction of sp³-hybridized carbons (Fsp3) is 0.353. The number of hydrogen-bond acceptors (Lipinski definition) is 3. The van der Waals surface area contributed by atoms with Gasteiger partial charge in [-0.05, 0) is 17.9 Å². The largest absolute Gasteiger partial charge is 0.312 e. The first-order chi connectivity index (χ1) is 10.4. The maximum absolute atomic E-state index is 12.5. The number of carbonyl (C=O) groups excluding carboxylic acids is 1. The van der Waals surface area contributed by atoms with Crippen molar-refractivity contribution in [1.29, 1.82) is 0 Å². The Morgan fingerprint density at radius 1 is 1.09 bits per heavy atom. The van der Waals surface area contributed by atoms with Gasteiger partial charge in [0, 0.05) is 24.6 Å². The Bertz CT molecular complexity index is 763. The van der Waals surface area contributed by atoms with Crippen LogP contribution in [-0.4, -0.2) is 32.9 Å². The minimum atomic E-state index is -3.14. The van der Waals surface area contributed by atoms with Crippen molar-refractivity contribution in [3.8, 4) is 0 Å². The second-order valence-electron chi connectivity index (χ2n) is 5.42. The molecule has 0 aliphatic carbocycles. The summed E-state index contributed by atoms with van der Waals surface area (Å²) in [7, 11) is -3.14. The Morgan fingerprint density at radius 3 is 2.45 bits per heavy atom. The van der Waals surface area contributed by atoms with Crippen molar-refractivity contribution in [2.75, 3.05) is 23.5 Å². The number of hydrogen-bond donors (Lipinski definition) is 0. The number of rotatable bonds is 6.